The van der Waals surface area contributed by atoms with E-state index in [-0.39, 0.29) is 23.8 Å². The van der Waals surface area contributed by atoms with E-state index in [1.807, 2.05) is 18.2 Å². The van der Waals surface area contributed by atoms with Gasteiger partial charge in [-0.3, -0.25) is 14.0 Å². The van der Waals surface area contributed by atoms with E-state index in [4.69, 9.17) is 16.0 Å². The molecule has 2 bridgehead atoms. The lowest BCUT2D eigenvalue weighted by Gasteiger charge is -2.29. The van der Waals surface area contributed by atoms with E-state index >= 15 is 0 Å². The summed E-state index contributed by atoms with van der Waals surface area (Å²) >= 11 is 0. The smallest absolute Gasteiger partial charge is 0.256 e. The van der Waals surface area contributed by atoms with Gasteiger partial charge < -0.3 is 16.4 Å². The molecule has 3 aromatic heterocycles. The molecular weight excluding hydrogens is 540 g/mol. The highest BCUT2D eigenvalue weighted by atomic mass is 16.2. The van der Waals surface area contributed by atoms with Crippen LogP contribution in [0.15, 0.2) is 54.9 Å². The minimum Gasteiger partial charge on any atom is -0.382 e. The molecule has 4 heterocycles. The first kappa shape index (κ1) is 28.1. The fourth-order valence-corrected chi connectivity index (χ4v) is 6.10. The third-order valence-corrected chi connectivity index (χ3v) is 8.26. The third-order valence-electron chi connectivity index (χ3n) is 8.26. The monoisotopic (exact) mass is 574 g/mol. The number of carbonyl (C=O) groups is 2. The molecule has 1 aliphatic heterocycles. The maximum Gasteiger partial charge on any atom is 0.256 e. The second-order valence-electron chi connectivity index (χ2n) is 11.3. The molecule has 2 amide bonds. The van der Waals surface area contributed by atoms with Crippen molar-refractivity contribution in [2.75, 3.05) is 11.1 Å². The van der Waals surface area contributed by atoms with Crippen LogP contribution in [0.1, 0.15) is 91.1 Å². The summed E-state index contributed by atoms with van der Waals surface area (Å²) in [5.74, 6) is 1.55. The number of nitriles is 1. The molecule has 1 saturated carbocycles. The molecular formula is C33H34N8O2. The van der Waals surface area contributed by atoms with E-state index in [2.05, 4.69) is 37.2 Å². The molecule has 2 atom stereocenters. The SMILES string of the molecule is N#Cc1ccnc(NC(=O)c2ccc(-c3nc4n5c(cnc(N)c35)/C=C/CCCCCC(=O)NC3CCC[C@@H]4C3)cc2)c1. The van der Waals surface area contributed by atoms with Crippen molar-refractivity contribution in [2.45, 2.75) is 69.7 Å². The highest BCUT2D eigenvalue weighted by Crippen LogP contribution is 2.38. The predicted octanol–water partition coefficient (Wildman–Crippen LogP) is 5.62. The van der Waals surface area contributed by atoms with Crippen molar-refractivity contribution in [1.82, 2.24) is 24.7 Å². The summed E-state index contributed by atoms with van der Waals surface area (Å²) in [6.45, 7) is 0. The number of rotatable bonds is 3. The van der Waals surface area contributed by atoms with E-state index < -0.39 is 0 Å². The van der Waals surface area contributed by atoms with Gasteiger partial charge in [0.1, 0.15) is 28.7 Å². The van der Waals surface area contributed by atoms with E-state index in [1.165, 1.54) is 12.3 Å². The Bertz CT molecular complexity index is 1730. The van der Waals surface area contributed by atoms with Crippen molar-refractivity contribution >= 4 is 35.0 Å². The van der Waals surface area contributed by atoms with Crippen LogP contribution in [0, 0.1) is 11.3 Å². The number of amides is 2. The van der Waals surface area contributed by atoms with Crippen LogP contribution in [0.2, 0.25) is 0 Å². The average Bonchev–Trinajstić information content (AvgIpc) is 3.43. The summed E-state index contributed by atoms with van der Waals surface area (Å²) in [4.78, 5) is 39.4. The first-order valence-electron chi connectivity index (χ1n) is 14.9. The van der Waals surface area contributed by atoms with Crippen molar-refractivity contribution in [3.8, 4) is 17.3 Å². The van der Waals surface area contributed by atoms with E-state index in [0.717, 1.165) is 74.0 Å². The van der Waals surface area contributed by atoms with Crippen molar-refractivity contribution < 1.29 is 9.59 Å². The number of benzene rings is 1. The lowest BCUT2D eigenvalue weighted by molar-refractivity contribution is -0.122. The van der Waals surface area contributed by atoms with E-state index in [1.54, 1.807) is 24.4 Å². The van der Waals surface area contributed by atoms with Crippen LogP contribution in [-0.2, 0) is 4.79 Å². The molecule has 4 aromatic rings. The van der Waals surface area contributed by atoms with Gasteiger partial charge >= 0.3 is 0 Å². The summed E-state index contributed by atoms with van der Waals surface area (Å²) < 4.78 is 2.14. The summed E-state index contributed by atoms with van der Waals surface area (Å²) in [5.41, 5.74) is 10.6. The number of nitrogen functional groups attached to an aromatic ring is 1. The van der Waals surface area contributed by atoms with Gasteiger partial charge in [-0.2, -0.15) is 5.26 Å². The number of pyridine rings is 1. The number of allylic oxidation sites excluding steroid dienone is 1. The zero-order valence-electron chi connectivity index (χ0n) is 23.9. The largest absolute Gasteiger partial charge is 0.382 e. The Morgan fingerprint density at radius 2 is 1.95 bits per heavy atom. The molecule has 6 rings (SSSR count). The molecule has 2 aliphatic rings. The second kappa shape index (κ2) is 12.4. The Morgan fingerprint density at radius 3 is 2.79 bits per heavy atom. The van der Waals surface area contributed by atoms with Crippen LogP contribution in [0.25, 0.3) is 22.9 Å². The Labute approximate surface area is 250 Å². The topological polar surface area (TPSA) is 151 Å². The summed E-state index contributed by atoms with van der Waals surface area (Å²) in [6.07, 6.45) is 15.7. The van der Waals surface area contributed by atoms with Gasteiger partial charge in [0, 0.05) is 35.7 Å². The molecule has 0 saturated heterocycles. The standard InChI is InChI=1S/C33H34N8O2/c34-19-21-15-16-36-27(17-21)39-33(43)23-13-11-22(12-14-23)29-30-31(35)37-20-26-9-4-2-1-3-5-10-28(42)38-25-8-6-7-24(18-25)32(40-29)41(26)30/h4,9,11-17,20,24-25H,1-3,5-8,10,18H2,(H2,35,37)(H,38,42)(H,36,39,43)/b9-4+/t24-,25?/m1/s1. The number of nitrogens with one attached hydrogen (secondary N) is 2. The molecule has 1 unspecified atom stereocenters. The Balaban J connectivity index is 1.37. The van der Waals surface area contributed by atoms with Crippen LogP contribution in [0.5, 0.6) is 0 Å². The summed E-state index contributed by atoms with van der Waals surface area (Å²) in [6, 6.07) is 12.5. The fraction of sp³-hybridized carbons (Fsp3) is 0.333. The maximum atomic E-state index is 12.9. The molecule has 0 spiro atoms. The third kappa shape index (κ3) is 6.11. The number of carbonyl (C=O) groups excluding carboxylic acids is 2. The molecule has 1 fully saturated rings. The quantitative estimate of drug-likeness (QED) is 0.287. The molecule has 10 nitrogen and oxygen atoms in total. The van der Waals surface area contributed by atoms with Gasteiger partial charge in [0.15, 0.2) is 0 Å². The highest BCUT2D eigenvalue weighted by molar-refractivity contribution is 6.04. The summed E-state index contributed by atoms with van der Waals surface area (Å²) in [7, 11) is 0. The second-order valence-corrected chi connectivity index (χ2v) is 11.3. The number of aromatic nitrogens is 4. The molecule has 218 valence electrons. The van der Waals surface area contributed by atoms with Gasteiger partial charge in [-0.1, -0.05) is 31.1 Å². The van der Waals surface area contributed by atoms with Crippen molar-refractivity contribution in [3.63, 3.8) is 0 Å². The molecule has 4 N–H and O–H groups in total. The Morgan fingerprint density at radius 1 is 1.09 bits per heavy atom. The molecule has 10 heteroatoms. The average molecular weight is 575 g/mol. The zero-order chi connectivity index (χ0) is 29.8. The van der Waals surface area contributed by atoms with Crippen LogP contribution in [0.3, 0.4) is 0 Å². The number of imidazole rings is 1. The van der Waals surface area contributed by atoms with Crippen molar-refractivity contribution in [2.24, 2.45) is 0 Å². The molecule has 1 aromatic carbocycles. The molecule has 0 radical (unpaired) electrons. The summed E-state index contributed by atoms with van der Waals surface area (Å²) in [5, 5.41) is 15.2. The van der Waals surface area contributed by atoms with Gasteiger partial charge in [-0.15, -0.1) is 0 Å². The molecule has 43 heavy (non-hydrogen) atoms. The lowest BCUT2D eigenvalue weighted by atomic mass is 9.85. The first-order valence-corrected chi connectivity index (χ1v) is 14.9. The van der Waals surface area contributed by atoms with Gasteiger partial charge in [0.2, 0.25) is 5.91 Å². The van der Waals surface area contributed by atoms with E-state index in [9.17, 15) is 9.59 Å². The molecule has 1 aliphatic carbocycles. The highest BCUT2D eigenvalue weighted by Gasteiger charge is 2.30. The number of nitrogens with two attached hydrogens (primary N) is 1. The number of fused-ring (bicyclic) bond motifs is 3. The van der Waals surface area contributed by atoms with Crippen molar-refractivity contribution in [3.05, 3.63) is 77.5 Å². The number of hydrogen-bond donors (Lipinski definition) is 3. The Hall–Kier alpha value is -5.04. The van der Waals surface area contributed by atoms with Crippen LogP contribution >= 0.6 is 0 Å². The zero-order valence-corrected chi connectivity index (χ0v) is 23.9. The minimum atomic E-state index is -0.332. The first-order chi connectivity index (χ1) is 21.0. The number of anilines is 2. The lowest BCUT2D eigenvalue weighted by Crippen LogP contribution is -2.38. The van der Waals surface area contributed by atoms with Gasteiger partial charge in [-0.05, 0) is 68.9 Å². The van der Waals surface area contributed by atoms with Crippen LogP contribution in [-0.4, -0.2) is 37.2 Å². The number of nitrogens with zero attached hydrogens (tertiary/aromatic N) is 5. The van der Waals surface area contributed by atoms with Gasteiger partial charge in [0.25, 0.3) is 5.91 Å². The van der Waals surface area contributed by atoms with Gasteiger partial charge in [-0.25, -0.2) is 15.0 Å². The predicted molar refractivity (Wildman–Crippen MR) is 165 cm³/mol. The fourth-order valence-electron chi connectivity index (χ4n) is 6.10. The Kier molecular flexibility index (Phi) is 8.13. The minimum absolute atomic E-state index is 0.117. The van der Waals surface area contributed by atoms with Crippen LogP contribution < -0.4 is 16.4 Å². The van der Waals surface area contributed by atoms with Gasteiger partial charge in [0.05, 0.1) is 23.5 Å². The maximum absolute atomic E-state index is 12.9. The normalized spacial score (nSPS) is 19.8. The van der Waals surface area contributed by atoms with E-state index in [0.29, 0.717) is 34.9 Å². The number of hydrogen-bond acceptors (Lipinski definition) is 7. The van der Waals surface area contributed by atoms with Crippen molar-refractivity contribution in [1.29, 1.82) is 5.26 Å². The van der Waals surface area contributed by atoms with Crippen LogP contribution in [0.4, 0.5) is 11.6 Å².